The standard InChI is InChI=1S/C21H30N4O2/c1-16(2)14-24-11-12-25(15-19(24)8-13-26)21(27)18-6-4-17(5-7-18)20-22-9-10-23(20)3/h4-7,9-10,16,19,26H,8,11-15H2,1-3H3/t19-/m0/s1. The second-order valence-electron chi connectivity index (χ2n) is 7.75. The molecule has 2 heterocycles. The molecule has 3 rings (SSSR count). The SMILES string of the molecule is CC(C)CN1CCN(C(=O)c2ccc(-c3nccn3C)cc2)C[C@@H]1CCO. The molecule has 1 aliphatic heterocycles. The van der Waals surface area contributed by atoms with Crippen LogP contribution < -0.4 is 0 Å². The van der Waals surface area contributed by atoms with Crippen LogP contribution in [0.25, 0.3) is 11.4 Å². The fraction of sp³-hybridized carbons (Fsp3) is 0.524. The fourth-order valence-electron chi connectivity index (χ4n) is 3.80. The monoisotopic (exact) mass is 370 g/mol. The number of aryl methyl sites for hydroxylation is 1. The van der Waals surface area contributed by atoms with Gasteiger partial charge in [-0.25, -0.2) is 4.98 Å². The summed E-state index contributed by atoms with van der Waals surface area (Å²) in [6.45, 7) is 7.83. The molecule has 1 N–H and O–H groups in total. The van der Waals surface area contributed by atoms with Crippen LogP contribution in [-0.2, 0) is 7.05 Å². The molecular weight excluding hydrogens is 340 g/mol. The number of rotatable bonds is 6. The molecule has 1 saturated heterocycles. The summed E-state index contributed by atoms with van der Waals surface area (Å²) in [5, 5.41) is 9.42. The van der Waals surface area contributed by atoms with Crippen molar-refractivity contribution in [3.8, 4) is 11.4 Å². The highest BCUT2D eigenvalue weighted by Gasteiger charge is 2.29. The second-order valence-corrected chi connectivity index (χ2v) is 7.75. The Labute approximate surface area is 161 Å². The van der Waals surface area contributed by atoms with E-state index in [1.807, 2.05) is 47.0 Å². The van der Waals surface area contributed by atoms with Crippen molar-refractivity contribution in [3.05, 3.63) is 42.2 Å². The van der Waals surface area contributed by atoms with Gasteiger partial charge in [0.25, 0.3) is 5.91 Å². The van der Waals surface area contributed by atoms with Gasteiger partial charge in [-0.2, -0.15) is 0 Å². The van der Waals surface area contributed by atoms with Gasteiger partial charge in [0.2, 0.25) is 0 Å². The minimum Gasteiger partial charge on any atom is -0.396 e. The Morgan fingerprint density at radius 3 is 2.59 bits per heavy atom. The Kier molecular flexibility index (Phi) is 6.29. The van der Waals surface area contributed by atoms with Crippen LogP contribution in [-0.4, -0.2) is 69.2 Å². The van der Waals surface area contributed by atoms with E-state index >= 15 is 0 Å². The first kappa shape index (κ1) is 19.6. The molecule has 0 unspecified atom stereocenters. The minimum atomic E-state index is 0.0635. The van der Waals surface area contributed by atoms with Gasteiger partial charge in [-0.3, -0.25) is 9.69 Å². The van der Waals surface area contributed by atoms with Gasteiger partial charge >= 0.3 is 0 Å². The number of aliphatic hydroxyl groups excluding tert-OH is 1. The molecule has 1 fully saturated rings. The maximum atomic E-state index is 13.0. The molecule has 1 aliphatic rings. The van der Waals surface area contributed by atoms with Crippen molar-refractivity contribution in [2.75, 3.05) is 32.8 Å². The fourth-order valence-corrected chi connectivity index (χ4v) is 3.80. The lowest BCUT2D eigenvalue weighted by Crippen LogP contribution is -2.55. The van der Waals surface area contributed by atoms with Crippen LogP contribution in [0.4, 0.5) is 0 Å². The number of benzene rings is 1. The molecule has 0 radical (unpaired) electrons. The van der Waals surface area contributed by atoms with E-state index in [0.29, 0.717) is 24.4 Å². The normalized spacial score (nSPS) is 18.3. The Morgan fingerprint density at radius 2 is 2.00 bits per heavy atom. The number of aromatic nitrogens is 2. The largest absolute Gasteiger partial charge is 0.396 e. The van der Waals surface area contributed by atoms with Crippen LogP contribution in [0.5, 0.6) is 0 Å². The predicted octanol–water partition coefficient (Wildman–Crippen LogP) is 2.25. The molecule has 0 aliphatic carbocycles. The average molecular weight is 370 g/mol. The van der Waals surface area contributed by atoms with Gasteiger partial charge in [-0.1, -0.05) is 26.0 Å². The average Bonchev–Trinajstić information content (AvgIpc) is 3.08. The number of hydrogen-bond acceptors (Lipinski definition) is 4. The van der Waals surface area contributed by atoms with Crippen LogP contribution in [0.1, 0.15) is 30.6 Å². The number of aliphatic hydroxyl groups is 1. The predicted molar refractivity (Wildman–Crippen MR) is 106 cm³/mol. The van der Waals surface area contributed by atoms with Crippen LogP contribution >= 0.6 is 0 Å². The smallest absolute Gasteiger partial charge is 0.253 e. The quantitative estimate of drug-likeness (QED) is 0.847. The Balaban J connectivity index is 1.69. The van der Waals surface area contributed by atoms with Crippen LogP contribution in [0.15, 0.2) is 36.7 Å². The zero-order valence-electron chi connectivity index (χ0n) is 16.5. The highest BCUT2D eigenvalue weighted by atomic mass is 16.3. The van der Waals surface area contributed by atoms with E-state index in [-0.39, 0.29) is 18.6 Å². The summed E-state index contributed by atoms with van der Waals surface area (Å²) in [7, 11) is 1.96. The van der Waals surface area contributed by atoms with Crippen molar-refractivity contribution in [1.29, 1.82) is 0 Å². The molecule has 1 aromatic heterocycles. The van der Waals surface area contributed by atoms with Crippen LogP contribution in [0.2, 0.25) is 0 Å². The number of hydrogen-bond donors (Lipinski definition) is 1. The zero-order chi connectivity index (χ0) is 19.4. The lowest BCUT2D eigenvalue weighted by Gasteiger charge is -2.42. The summed E-state index contributed by atoms with van der Waals surface area (Å²) >= 11 is 0. The van der Waals surface area contributed by atoms with Gasteiger partial charge in [0.05, 0.1) is 0 Å². The lowest BCUT2D eigenvalue weighted by atomic mass is 10.0. The Bertz CT molecular complexity index is 754. The summed E-state index contributed by atoms with van der Waals surface area (Å²) in [5.74, 6) is 1.53. The van der Waals surface area contributed by atoms with Gasteiger partial charge in [-0.15, -0.1) is 0 Å². The van der Waals surface area contributed by atoms with Gasteiger partial charge in [0, 0.05) is 69.4 Å². The highest BCUT2D eigenvalue weighted by Crippen LogP contribution is 2.20. The van der Waals surface area contributed by atoms with Crippen LogP contribution in [0, 0.1) is 5.92 Å². The number of carbonyl (C=O) groups excluding carboxylic acids is 1. The molecule has 27 heavy (non-hydrogen) atoms. The van der Waals surface area contributed by atoms with Gasteiger partial charge in [-0.05, 0) is 24.5 Å². The van der Waals surface area contributed by atoms with E-state index in [1.165, 1.54) is 0 Å². The third kappa shape index (κ3) is 4.57. The van der Waals surface area contributed by atoms with E-state index in [1.54, 1.807) is 6.20 Å². The third-order valence-electron chi connectivity index (χ3n) is 5.17. The first-order valence-corrected chi connectivity index (χ1v) is 9.71. The summed E-state index contributed by atoms with van der Waals surface area (Å²) in [4.78, 5) is 21.7. The number of nitrogens with zero attached hydrogens (tertiary/aromatic N) is 4. The maximum Gasteiger partial charge on any atom is 0.253 e. The maximum absolute atomic E-state index is 13.0. The molecular formula is C21H30N4O2. The molecule has 0 bridgehead atoms. The molecule has 6 nitrogen and oxygen atoms in total. The second kappa shape index (κ2) is 8.67. The zero-order valence-corrected chi connectivity index (χ0v) is 16.5. The van der Waals surface area contributed by atoms with Crippen molar-refractivity contribution >= 4 is 5.91 Å². The summed E-state index contributed by atoms with van der Waals surface area (Å²) in [5.41, 5.74) is 1.70. The van der Waals surface area contributed by atoms with E-state index in [4.69, 9.17) is 0 Å². The number of carbonyl (C=O) groups is 1. The Morgan fingerprint density at radius 1 is 1.26 bits per heavy atom. The van der Waals surface area contributed by atoms with Gasteiger partial charge < -0.3 is 14.6 Å². The summed E-state index contributed by atoms with van der Waals surface area (Å²) in [6.07, 6.45) is 4.38. The molecule has 146 valence electrons. The first-order chi connectivity index (χ1) is 13.0. The summed E-state index contributed by atoms with van der Waals surface area (Å²) < 4.78 is 1.96. The molecule has 1 atom stereocenters. The van der Waals surface area contributed by atoms with Crippen molar-refractivity contribution < 1.29 is 9.90 Å². The van der Waals surface area contributed by atoms with Crippen LogP contribution in [0.3, 0.4) is 0 Å². The van der Waals surface area contributed by atoms with Gasteiger partial charge in [0.15, 0.2) is 0 Å². The van der Waals surface area contributed by atoms with Crippen molar-refractivity contribution in [2.45, 2.75) is 26.3 Å². The first-order valence-electron chi connectivity index (χ1n) is 9.71. The molecule has 1 aromatic carbocycles. The molecule has 0 spiro atoms. The van der Waals surface area contributed by atoms with Crippen molar-refractivity contribution in [2.24, 2.45) is 13.0 Å². The van der Waals surface area contributed by atoms with E-state index < -0.39 is 0 Å². The number of piperazine rings is 1. The van der Waals surface area contributed by atoms with Crippen molar-refractivity contribution in [3.63, 3.8) is 0 Å². The van der Waals surface area contributed by atoms with E-state index in [9.17, 15) is 9.90 Å². The molecule has 1 amide bonds. The topological polar surface area (TPSA) is 61.6 Å². The van der Waals surface area contributed by atoms with E-state index in [2.05, 4.69) is 23.7 Å². The molecule has 0 saturated carbocycles. The third-order valence-corrected chi connectivity index (χ3v) is 5.17. The van der Waals surface area contributed by atoms with E-state index in [0.717, 1.165) is 31.0 Å². The van der Waals surface area contributed by atoms with Crippen molar-refractivity contribution in [1.82, 2.24) is 19.4 Å². The minimum absolute atomic E-state index is 0.0635. The number of imidazole rings is 1. The lowest BCUT2D eigenvalue weighted by molar-refractivity contribution is 0.0384. The number of amides is 1. The Hall–Kier alpha value is -2.18. The highest BCUT2D eigenvalue weighted by molar-refractivity contribution is 5.94. The summed E-state index contributed by atoms with van der Waals surface area (Å²) in [6, 6.07) is 7.90. The van der Waals surface area contributed by atoms with Gasteiger partial charge in [0.1, 0.15) is 5.82 Å². The molecule has 6 heteroatoms. The molecule has 2 aromatic rings.